The Morgan fingerprint density at radius 3 is 2.56 bits per heavy atom. The van der Waals surface area contributed by atoms with Crippen LogP contribution in [0.25, 0.3) is 0 Å². The molecule has 0 saturated carbocycles. The van der Waals surface area contributed by atoms with E-state index in [0.717, 1.165) is 5.59 Å². The number of Topliss-reactive ketones (excluding diaryl/α,β-unsaturated/α-hetero) is 1. The van der Waals surface area contributed by atoms with Gasteiger partial charge in [-0.15, -0.1) is 0 Å². The summed E-state index contributed by atoms with van der Waals surface area (Å²) in [6.07, 6.45) is 0. The van der Waals surface area contributed by atoms with Gasteiger partial charge in [-0.1, -0.05) is 6.07 Å². The quantitative estimate of drug-likeness (QED) is 0.393. The maximum atomic E-state index is 10.6. The first-order valence-corrected chi connectivity index (χ1v) is 2.86. The monoisotopic (exact) mass is 121 g/mol. The predicted octanol–water partition coefficient (Wildman–Crippen LogP) is -0.524. The smallest absolute Gasteiger partial charge is 0.175 e. The van der Waals surface area contributed by atoms with E-state index in [1.807, 2.05) is 13.9 Å². The van der Waals surface area contributed by atoms with Crippen LogP contribution < -0.4 is 5.59 Å². The van der Waals surface area contributed by atoms with Crippen LogP contribution >= 0.6 is 0 Å². The molecular weight excluding hydrogens is 113 g/mol. The fourth-order valence-electron chi connectivity index (χ4n) is 0.709. The fourth-order valence-corrected chi connectivity index (χ4v) is 0.709. The van der Waals surface area contributed by atoms with Gasteiger partial charge in [-0.05, 0) is 11.7 Å². The van der Waals surface area contributed by atoms with Crippen molar-refractivity contribution in [3.05, 3.63) is 17.8 Å². The van der Waals surface area contributed by atoms with Crippen molar-refractivity contribution in [1.82, 2.24) is 4.98 Å². The van der Waals surface area contributed by atoms with Crippen LogP contribution in [0.3, 0.4) is 0 Å². The molecule has 0 aliphatic heterocycles. The maximum absolute atomic E-state index is 10.6. The number of nitrogens with one attached hydrogen (secondary N) is 1. The lowest BCUT2D eigenvalue weighted by Gasteiger charge is -1.84. The zero-order valence-corrected chi connectivity index (χ0v) is 5.56. The molecule has 1 rings (SSSR count). The summed E-state index contributed by atoms with van der Waals surface area (Å²) >= 11 is 0. The largest absolute Gasteiger partial charge is 0.365 e. The molecule has 0 fully saturated rings. The van der Waals surface area contributed by atoms with Gasteiger partial charge < -0.3 is 4.98 Å². The molecule has 0 amide bonds. The molecule has 0 atom stereocenters. The number of hydrogen-bond acceptors (Lipinski definition) is 1. The molecular formula is C6H8BNO. The van der Waals surface area contributed by atoms with E-state index in [9.17, 15) is 4.79 Å². The minimum absolute atomic E-state index is 0.0862. The number of carbonyl (C=O) groups is 1. The number of carbonyl (C=O) groups excluding carboxylic acids is 1. The number of aromatic amines is 1. The van der Waals surface area contributed by atoms with Crippen LogP contribution in [0.15, 0.2) is 12.1 Å². The summed E-state index contributed by atoms with van der Waals surface area (Å²) in [5.74, 6) is 0.0862. The van der Waals surface area contributed by atoms with Crippen LogP contribution in [0.5, 0.6) is 0 Å². The third-order valence-electron chi connectivity index (χ3n) is 1.21. The van der Waals surface area contributed by atoms with Gasteiger partial charge in [-0.2, -0.15) is 0 Å². The molecule has 9 heavy (non-hydrogen) atoms. The van der Waals surface area contributed by atoms with Crippen molar-refractivity contribution in [1.29, 1.82) is 0 Å². The highest BCUT2D eigenvalue weighted by atomic mass is 16.1. The second-order valence-corrected chi connectivity index (χ2v) is 2.11. The molecule has 0 aliphatic rings. The first-order chi connectivity index (χ1) is 4.20. The highest BCUT2D eigenvalue weighted by Gasteiger charge is 1.97. The third-order valence-corrected chi connectivity index (χ3v) is 1.21. The summed E-state index contributed by atoms with van der Waals surface area (Å²) in [4.78, 5) is 13.6. The molecule has 1 N–H and O–H groups in total. The van der Waals surface area contributed by atoms with E-state index in [2.05, 4.69) is 4.98 Å². The first-order valence-electron chi connectivity index (χ1n) is 2.86. The van der Waals surface area contributed by atoms with Crippen molar-refractivity contribution in [2.24, 2.45) is 0 Å². The lowest BCUT2D eigenvalue weighted by atomic mass is 10.1. The maximum Gasteiger partial charge on any atom is 0.175 e. The second kappa shape index (κ2) is 2.09. The first kappa shape index (κ1) is 6.14. The topological polar surface area (TPSA) is 32.9 Å². The van der Waals surface area contributed by atoms with Gasteiger partial charge in [-0.25, -0.2) is 0 Å². The van der Waals surface area contributed by atoms with E-state index in [4.69, 9.17) is 0 Å². The minimum atomic E-state index is 0.0862. The summed E-state index contributed by atoms with van der Waals surface area (Å²) in [5, 5.41) is 0. The molecule has 46 valence electrons. The molecule has 1 aromatic rings. The average Bonchev–Trinajstić information content (AvgIpc) is 2.14. The Balaban J connectivity index is 2.98. The highest BCUT2D eigenvalue weighted by Crippen LogP contribution is 1.91. The minimum Gasteiger partial charge on any atom is -0.365 e. The standard InChI is InChI=1S/C6H8BNO/c1-4(9)5-2-3-6(7)8-5/h2-3,8H,7H2,1H3. The van der Waals surface area contributed by atoms with E-state index in [1.54, 1.807) is 13.0 Å². The number of aromatic nitrogens is 1. The van der Waals surface area contributed by atoms with Gasteiger partial charge in [0.15, 0.2) is 13.6 Å². The average molecular weight is 121 g/mol. The van der Waals surface area contributed by atoms with Crippen LogP contribution in [0, 0.1) is 0 Å². The fraction of sp³-hybridized carbons (Fsp3) is 0.167. The van der Waals surface area contributed by atoms with Crippen molar-refractivity contribution >= 4 is 19.2 Å². The molecule has 0 unspecified atom stereocenters. The van der Waals surface area contributed by atoms with Gasteiger partial charge in [0.25, 0.3) is 0 Å². The molecule has 3 heteroatoms. The van der Waals surface area contributed by atoms with Gasteiger partial charge >= 0.3 is 0 Å². The Kier molecular flexibility index (Phi) is 1.43. The zero-order chi connectivity index (χ0) is 6.85. The summed E-state index contributed by atoms with van der Waals surface area (Å²) in [6.45, 7) is 1.55. The van der Waals surface area contributed by atoms with Gasteiger partial charge in [0.2, 0.25) is 0 Å². The highest BCUT2D eigenvalue weighted by molar-refractivity contribution is 6.31. The number of rotatable bonds is 1. The van der Waals surface area contributed by atoms with Crippen LogP contribution in [0.2, 0.25) is 0 Å². The molecule has 0 spiro atoms. The van der Waals surface area contributed by atoms with E-state index >= 15 is 0 Å². The van der Waals surface area contributed by atoms with Gasteiger partial charge in [0, 0.05) is 6.92 Å². The summed E-state index contributed by atoms with van der Waals surface area (Å²) in [7, 11) is 1.92. The van der Waals surface area contributed by atoms with Crippen molar-refractivity contribution < 1.29 is 4.79 Å². The molecule has 0 saturated heterocycles. The molecule has 0 aliphatic carbocycles. The normalized spacial score (nSPS) is 9.44. The van der Waals surface area contributed by atoms with Crippen LogP contribution in [0.4, 0.5) is 0 Å². The van der Waals surface area contributed by atoms with E-state index in [0.29, 0.717) is 5.69 Å². The van der Waals surface area contributed by atoms with Crippen molar-refractivity contribution in [3.8, 4) is 0 Å². The van der Waals surface area contributed by atoms with E-state index in [-0.39, 0.29) is 5.78 Å². The lowest BCUT2D eigenvalue weighted by molar-refractivity contribution is 0.101. The van der Waals surface area contributed by atoms with Crippen molar-refractivity contribution in [2.45, 2.75) is 6.92 Å². The number of H-pyrrole nitrogens is 1. The van der Waals surface area contributed by atoms with Gasteiger partial charge in [-0.3, -0.25) is 4.79 Å². The van der Waals surface area contributed by atoms with Gasteiger partial charge in [0.05, 0.1) is 5.69 Å². The molecule has 0 aromatic carbocycles. The number of hydrogen-bond donors (Lipinski definition) is 1. The third kappa shape index (κ3) is 1.22. The van der Waals surface area contributed by atoms with E-state index in [1.165, 1.54) is 0 Å². The van der Waals surface area contributed by atoms with Crippen LogP contribution in [-0.4, -0.2) is 18.6 Å². The summed E-state index contributed by atoms with van der Waals surface area (Å²) < 4.78 is 0. The second-order valence-electron chi connectivity index (χ2n) is 2.11. The Labute approximate surface area is 54.7 Å². The van der Waals surface area contributed by atoms with Crippen molar-refractivity contribution in [3.63, 3.8) is 0 Å². The van der Waals surface area contributed by atoms with Crippen LogP contribution in [0.1, 0.15) is 17.4 Å². The molecule has 0 radical (unpaired) electrons. The van der Waals surface area contributed by atoms with Crippen LogP contribution in [-0.2, 0) is 0 Å². The molecule has 1 heterocycles. The summed E-state index contributed by atoms with van der Waals surface area (Å²) in [5.41, 5.74) is 1.72. The van der Waals surface area contributed by atoms with E-state index < -0.39 is 0 Å². The predicted molar refractivity (Wildman–Crippen MR) is 39.0 cm³/mol. The Morgan fingerprint density at radius 1 is 1.67 bits per heavy atom. The zero-order valence-electron chi connectivity index (χ0n) is 5.56. The Bertz CT molecular complexity index is 229. The Hall–Kier alpha value is -0.985. The van der Waals surface area contributed by atoms with Gasteiger partial charge in [0.1, 0.15) is 0 Å². The Morgan fingerprint density at radius 2 is 2.33 bits per heavy atom. The molecule has 1 aromatic heterocycles. The number of ketones is 1. The SMILES string of the molecule is Bc1ccc(C(C)=O)[nH]1. The summed E-state index contributed by atoms with van der Waals surface area (Å²) in [6, 6.07) is 3.68. The lowest BCUT2D eigenvalue weighted by Crippen LogP contribution is -2.03. The molecule has 2 nitrogen and oxygen atoms in total. The molecule has 0 bridgehead atoms. The van der Waals surface area contributed by atoms with Crippen molar-refractivity contribution in [2.75, 3.05) is 0 Å².